The molecule has 1 atom stereocenters. The normalized spacial score (nSPS) is 12.4. The van der Waals surface area contributed by atoms with Gasteiger partial charge in [-0.1, -0.05) is 6.07 Å². The van der Waals surface area contributed by atoms with Crippen LogP contribution in [-0.4, -0.2) is 47.7 Å². The molecule has 0 unspecified atom stereocenters. The quantitative estimate of drug-likeness (QED) is 0.573. The number of amides is 2. The van der Waals surface area contributed by atoms with Gasteiger partial charge in [-0.15, -0.1) is 13.2 Å². The number of hydrogen-bond donors (Lipinski definition) is 2. The maximum Gasteiger partial charge on any atom is 0.573 e. The van der Waals surface area contributed by atoms with Crippen molar-refractivity contribution in [3.63, 3.8) is 0 Å². The predicted octanol–water partition coefficient (Wildman–Crippen LogP) is 4.03. The van der Waals surface area contributed by atoms with Gasteiger partial charge in [0.05, 0.1) is 23.8 Å². The van der Waals surface area contributed by atoms with E-state index >= 15 is 0 Å². The third kappa shape index (κ3) is 6.17. The van der Waals surface area contributed by atoms with Crippen molar-refractivity contribution in [2.24, 2.45) is 0 Å². The van der Waals surface area contributed by atoms with E-state index in [-0.39, 0.29) is 18.2 Å². The number of halogens is 3. The fraction of sp³-hybridized carbons (Fsp3) is 0.227. The molecule has 0 bridgehead atoms. The maximum atomic E-state index is 12.7. The molecule has 32 heavy (non-hydrogen) atoms. The molecule has 2 aromatic carbocycles. The third-order valence-corrected chi connectivity index (χ3v) is 4.71. The van der Waals surface area contributed by atoms with E-state index in [1.807, 2.05) is 12.1 Å². The molecule has 2 N–H and O–H groups in total. The summed E-state index contributed by atoms with van der Waals surface area (Å²) in [5, 5.41) is 6.23. The lowest BCUT2D eigenvalue weighted by Gasteiger charge is -2.23. The lowest BCUT2D eigenvalue weighted by Crippen LogP contribution is -2.43. The molecule has 0 aliphatic carbocycles. The molecular weight excluding hydrogens is 425 g/mol. The molecule has 168 valence electrons. The second kappa shape index (κ2) is 9.65. The van der Waals surface area contributed by atoms with Gasteiger partial charge in [0, 0.05) is 17.3 Å². The van der Waals surface area contributed by atoms with Crippen molar-refractivity contribution in [1.82, 2.24) is 9.88 Å². The Hall–Kier alpha value is -3.66. The molecule has 2 amide bonds. The Bertz CT molecular complexity index is 1100. The number of pyridine rings is 1. The highest BCUT2D eigenvalue weighted by atomic mass is 19.4. The number of alkyl halides is 3. The highest BCUT2D eigenvalue weighted by molar-refractivity contribution is 6.03. The molecule has 0 spiro atoms. The Kier molecular flexibility index (Phi) is 6.94. The maximum absolute atomic E-state index is 12.7. The van der Waals surface area contributed by atoms with Crippen molar-refractivity contribution in [2.75, 3.05) is 24.2 Å². The number of nitrogens with one attached hydrogen (secondary N) is 2. The summed E-state index contributed by atoms with van der Waals surface area (Å²) >= 11 is 0. The topological polar surface area (TPSA) is 83.6 Å². The Morgan fingerprint density at radius 1 is 1.06 bits per heavy atom. The smallest absolute Gasteiger partial charge is 0.406 e. The van der Waals surface area contributed by atoms with Crippen molar-refractivity contribution in [1.29, 1.82) is 0 Å². The number of ether oxygens (including phenoxy) is 1. The fourth-order valence-electron chi connectivity index (χ4n) is 2.95. The van der Waals surface area contributed by atoms with Gasteiger partial charge < -0.3 is 15.4 Å². The van der Waals surface area contributed by atoms with Gasteiger partial charge in [0.1, 0.15) is 5.75 Å². The van der Waals surface area contributed by atoms with Gasteiger partial charge >= 0.3 is 6.36 Å². The van der Waals surface area contributed by atoms with Gasteiger partial charge in [0.2, 0.25) is 11.8 Å². The van der Waals surface area contributed by atoms with Crippen LogP contribution in [0.25, 0.3) is 10.9 Å². The molecule has 0 aliphatic heterocycles. The number of benzene rings is 2. The lowest BCUT2D eigenvalue weighted by atomic mass is 10.1. The number of rotatable bonds is 7. The number of fused-ring (bicyclic) bond motifs is 1. The first-order valence-electron chi connectivity index (χ1n) is 9.63. The molecule has 0 saturated heterocycles. The van der Waals surface area contributed by atoms with E-state index in [9.17, 15) is 22.8 Å². The number of likely N-dealkylation sites (N-methyl/N-ethyl adjacent to an activating group) is 1. The van der Waals surface area contributed by atoms with Crippen molar-refractivity contribution in [3.8, 4) is 5.75 Å². The van der Waals surface area contributed by atoms with Crippen LogP contribution >= 0.6 is 0 Å². The van der Waals surface area contributed by atoms with E-state index in [1.165, 1.54) is 12.1 Å². The van der Waals surface area contributed by atoms with E-state index in [4.69, 9.17) is 0 Å². The Morgan fingerprint density at radius 2 is 1.78 bits per heavy atom. The van der Waals surface area contributed by atoms with Crippen LogP contribution in [0.15, 0.2) is 60.8 Å². The first kappa shape index (κ1) is 23.0. The van der Waals surface area contributed by atoms with Crippen molar-refractivity contribution < 1.29 is 27.5 Å². The first-order valence-corrected chi connectivity index (χ1v) is 9.63. The number of anilines is 2. The summed E-state index contributed by atoms with van der Waals surface area (Å²) < 4.78 is 40.4. The number of aromatic nitrogens is 1. The van der Waals surface area contributed by atoms with Crippen molar-refractivity contribution in [3.05, 3.63) is 60.8 Å². The van der Waals surface area contributed by atoms with Gasteiger partial charge in [-0.05, 0) is 62.5 Å². The average molecular weight is 446 g/mol. The van der Waals surface area contributed by atoms with Crippen LogP contribution in [0.5, 0.6) is 5.75 Å². The molecule has 7 nitrogen and oxygen atoms in total. The zero-order chi connectivity index (χ0) is 23.3. The second-order valence-electron chi connectivity index (χ2n) is 7.08. The molecule has 0 fully saturated rings. The zero-order valence-corrected chi connectivity index (χ0v) is 17.3. The Balaban J connectivity index is 1.55. The monoisotopic (exact) mass is 446 g/mol. The lowest BCUT2D eigenvalue weighted by molar-refractivity contribution is -0.274. The fourth-order valence-corrected chi connectivity index (χ4v) is 2.95. The molecule has 1 heterocycles. The van der Waals surface area contributed by atoms with Crippen molar-refractivity contribution >= 4 is 34.1 Å². The van der Waals surface area contributed by atoms with Crippen LogP contribution in [0.3, 0.4) is 0 Å². The SMILES string of the molecule is C[C@@H](C(=O)Nc1cccc2ncccc12)N(C)CC(=O)Nc1ccc(OC(F)(F)F)cc1. The van der Waals surface area contributed by atoms with Crippen LogP contribution in [0.1, 0.15) is 6.92 Å². The van der Waals surface area contributed by atoms with Gasteiger partial charge in [-0.3, -0.25) is 19.5 Å². The van der Waals surface area contributed by atoms with Crippen LogP contribution in [0.2, 0.25) is 0 Å². The molecule has 10 heteroatoms. The minimum absolute atomic E-state index is 0.105. The molecule has 3 aromatic rings. The van der Waals surface area contributed by atoms with E-state index in [0.29, 0.717) is 11.4 Å². The van der Waals surface area contributed by atoms with Gasteiger partial charge in [0.25, 0.3) is 0 Å². The third-order valence-electron chi connectivity index (χ3n) is 4.71. The number of carbonyl (C=O) groups excluding carboxylic acids is 2. The van der Waals surface area contributed by atoms with E-state index in [0.717, 1.165) is 23.0 Å². The summed E-state index contributed by atoms with van der Waals surface area (Å²) in [5.74, 6) is -1.11. The zero-order valence-electron chi connectivity index (χ0n) is 17.3. The molecular formula is C22H21F3N4O3. The summed E-state index contributed by atoms with van der Waals surface area (Å²) in [7, 11) is 1.62. The summed E-state index contributed by atoms with van der Waals surface area (Å²) in [6.07, 6.45) is -3.12. The number of nitrogens with zero attached hydrogens (tertiary/aromatic N) is 2. The number of carbonyl (C=O) groups is 2. The summed E-state index contributed by atoms with van der Waals surface area (Å²) in [6.45, 7) is 1.56. The summed E-state index contributed by atoms with van der Waals surface area (Å²) in [6, 6.07) is 13.2. The van der Waals surface area contributed by atoms with Crippen LogP contribution < -0.4 is 15.4 Å². The average Bonchev–Trinajstić information content (AvgIpc) is 2.73. The van der Waals surface area contributed by atoms with Gasteiger partial charge in [-0.25, -0.2) is 0 Å². The Labute approximate surface area is 182 Å². The van der Waals surface area contributed by atoms with Gasteiger partial charge in [0.15, 0.2) is 0 Å². The minimum atomic E-state index is -4.78. The minimum Gasteiger partial charge on any atom is -0.406 e. The second-order valence-corrected chi connectivity index (χ2v) is 7.08. The molecule has 3 rings (SSSR count). The first-order chi connectivity index (χ1) is 15.1. The van der Waals surface area contributed by atoms with Crippen LogP contribution in [-0.2, 0) is 9.59 Å². The predicted molar refractivity (Wildman–Crippen MR) is 114 cm³/mol. The summed E-state index contributed by atoms with van der Waals surface area (Å²) in [5.41, 5.74) is 1.67. The van der Waals surface area contributed by atoms with Crippen LogP contribution in [0.4, 0.5) is 24.5 Å². The van der Waals surface area contributed by atoms with Crippen molar-refractivity contribution in [2.45, 2.75) is 19.3 Å². The van der Waals surface area contributed by atoms with Gasteiger partial charge in [-0.2, -0.15) is 0 Å². The highest BCUT2D eigenvalue weighted by Crippen LogP contribution is 2.24. The standard InChI is InChI=1S/C22H21F3N4O3/c1-14(21(31)28-19-7-3-6-18-17(19)5-4-12-26-18)29(2)13-20(30)27-15-8-10-16(11-9-15)32-22(23,24)25/h3-12,14H,13H2,1-2H3,(H,27,30)(H,28,31)/t14-/m0/s1. The van der Waals surface area contributed by atoms with E-state index in [2.05, 4.69) is 20.4 Å². The molecule has 0 radical (unpaired) electrons. The van der Waals surface area contributed by atoms with E-state index in [1.54, 1.807) is 43.3 Å². The molecule has 0 aliphatic rings. The van der Waals surface area contributed by atoms with E-state index < -0.39 is 18.3 Å². The van der Waals surface area contributed by atoms with Crippen LogP contribution in [0, 0.1) is 0 Å². The molecule has 0 saturated carbocycles. The number of hydrogen-bond acceptors (Lipinski definition) is 5. The molecule has 1 aromatic heterocycles. The Morgan fingerprint density at radius 3 is 2.47 bits per heavy atom. The highest BCUT2D eigenvalue weighted by Gasteiger charge is 2.31. The summed E-state index contributed by atoms with van der Waals surface area (Å²) in [4.78, 5) is 30.8. The largest absolute Gasteiger partial charge is 0.573 e.